The number of nitrogens with zero attached hydrogens (tertiary/aromatic N) is 1. The van der Waals surface area contributed by atoms with Crippen molar-refractivity contribution < 1.29 is 8.42 Å². The quantitative estimate of drug-likeness (QED) is 0.758. The summed E-state index contributed by atoms with van der Waals surface area (Å²) in [4.78, 5) is 5.12. The summed E-state index contributed by atoms with van der Waals surface area (Å²) in [6.07, 6.45) is 5.62. The summed E-state index contributed by atoms with van der Waals surface area (Å²) in [5, 5.41) is 2.04. The molecule has 0 saturated heterocycles. The molecule has 1 aromatic carbocycles. The molecule has 4 rings (SSSR count). The number of hydrogen-bond acceptors (Lipinski definition) is 4. The van der Waals surface area contributed by atoms with E-state index in [4.69, 9.17) is 0 Å². The maximum atomic E-state index is 12.8. The summed E-state index contributed by atoms with van der Waals surface area (Å²) >= 11 is 1.63. The molecule has 0 aliphatic heterocycles. The van der Waals surface area contributed by atoms with E-state index in [0.717, 1.165) is 16.0 Å². The maximum absolute atomic E-state index is 12.8. The van der Waals surface area contributed by atoms with Crippen molar-refractivity contribution in [2.45, 2.75) is 17.0 Å². The molecule has 0 amide bonds. The first-order chi connectivity index (χ1) is 12.1. The van der Waals surface area contributed by atoms with Gasteiger partial charge in [0.25, 0.3) is 10.0 Å². The van der Waals surface area contributed by atoms with Gasteiger partial charge in [-0.15, -0.1) is 11.3 Å². The fourth-order valence-corrected chi connectivity index (χ4v) is 5.10. The Hall–Kier alpha value is -2.28. The van der Waals surface area contributed by atoms with Crippen LogP contribution in [-0.2, 0) is 10.0 Å². The smallest absolute Gasteiger partial charge is 0.243 e. The van der Waals surface area contributed by atoms with Crippen molar-refractivity contribution in [1.82, 2.24) is 9.71 Å². The summed E-state index contributed by atoms with van der Waals surface area (Å²) in [5.41, 5.74) is 2.01. The van der Waals surface area contributed by atoms with Gasteiger partial charge in [-0.2, -0.15) is 0 Å². The molecule has 0 saturated carbocycles. The van der Waals surface area contributed by atoms with E-state index < -0.39 is 10.0 Å². The normalized spacial score (nSPS) is 19.5. The van der Waals surface area contributed by atoms with Crippen LogP contribution in [0.3, 0.4) is 0 Å². The third kappa shape index (κ3) is 3.16. The average molecular weight is 368 g/mol. The zero-order valence-electron chi connectivity index (χ0n) is 13.2. The molecule has 0 fully saturated rings. The van der Waals surface area contributed by atoms with Crippen molar-refractivity contribution in [2.75, 3.05) is 0 Å². The van der Waals surface area contributed by atoms with Crippen molar-refractivity contribution in [3.05, 3.63) is 88.3 Å². The van der Waals surface area contributed by atoms with Crippen LogP contribution in [0.25, 0.3) is 6.08 Å². The van der Waals surface area contributed by atoms with Crippen LogP contribution in [-0.4, -0.2) is 13.4 Å². The lowest BCUT2D eigenvalue weighted by Gasteiger charge is -2.29. The third-order valence-corrected chi connectivity index (χ3v) is 6.57. The summed E-state index contributed by atoms with van der Waals surface area (Å²) in [6, 6.07) is 16.4. The summed E-state index contributed by atoms with van der Waals surface area (Å²) in [5.74, 6) is -0.0478. The van der Waals surface area contributed by atoms with Gasteiger partial charge < -0.3 is 0 Å². The van der Waals surface area contributed by atoms with E-state index in [-0.39, 0.29) is 17.0 Å². The highest BCUT2D eigenvalue weighted by Crippen LogP contribution is 2.40. The minimum atomic E-state index is -3.72. The van der Waals surface area contributed by atoms with Gasteiger partial charge in [-0.3, -0.25) is 0 Å². The second kappa shape index (κ2) is 6.55. The van der Waals surface area contributed by atoms with Crippen LogP contribution in [0.1, 0.15) is 28.0 Å². The predicted octanol–water partition coefficient (Wildman–Crippen LogP) is 3.97. The molecule has 2 heterocycles. The van der Waals surface area contributed by atoms with Gasteiger partial charge >= 0.3 is 0 Å². The molecule has 3 aromatic rings. The third-order valence-electron chi connectivity index (χ3n) is 4.24. The number of rotatable bonds is 4. The van der Waals surface area contributed by atoms with E-state index >= 15 is 0 Å². The maximum Gasteiger partial charge on any atom is 0.258 e. The fourth-order valence-electron chi connectivity index (χ4n) is 3.07. The molecule has 4 nitrogen and oxygen atoms in total. The molecule has 0 bridgehead atoms. The lowest BCUT2D eigenvalue weighted by molar-refractivity contribution is 0.533. The van der Waals surface area contributed by atoms with Crippen LogP contribution in [0.4, 0.5) is 0 Å². The SMILES string of the molecule is O=S(=O)(N[C@@H]1c2ccccc2C=C[C@H]1c1cccs1)c1ccccn1. The molecule has 6 heteroatoms. The van der Waals surface area contributed by atoms with Gasteiger partial charge in [0.1, 0.15) is 0 Å². The van der Waals surface area contributed by atoms with E-state index in [9.17, 15) is 8.42 Å². The molecule has 0 spiro atoms. The zero-order chi connectivity index (χ0) is 17.3. The van der Waals surface area contributed by atoms with Gasteiger partial charge in [0.05, 0.1) is 6.04 Å². The standard InChI is InChI=1S/C19H16N2O2S2/c22-25(23,18-9-3-4-12-20-18)21-19-15-7-2-1-6-14(15)10-11-16(19)17-8-5-13-24-17/h1-13,16,19,21H/t16-,19+/m0/s1. The monoisotopic (exact) mass is 368 g/mol. The van der Waals surface area contributed by atoms with E-state index in [1.807, 2.05) is 41.8 Å². The van der Waals surface area contributed by atoms with Crippen LogP contribution < -0.4 is 4.72 Å². The number of thiophene rings is 1. The Balaban J connectivity index is 1.77. The summed E-state index contributed by atoms with van der Waals surface area (Å²) in [7, 11) is -3.72. The van der Waals surface area contributed by atoms with Gasteiger partial charge in [-0.1, -0.05) is 48.6 Å². The number of benzene rings is 1. The molecular formula is C19H16N2O2S2. The van der Waals surface area contributed by atoms with E-state index in [1.54, 1.807) is 23.5 Å². The molecular weight excluding hydrogens is 352 g/mol. The van der Waals surface area contributed by atoms with Crippen molar-refractivity contribution in [1.29, 1.82) is 0 Å². The lowest BCUT2D eigenvalue weighted by Crippen LogP contribution is -2.33. The molecule has 1 aliphatic rings. The fraction of sp³-hybridized carbons (Fsp3) is 0.105. The Labute approximate surface area is 150 Å². The Bertz CT molecular complexity index is 997. The van der Waals surface area contributed by atoms with E-state index in [1.165, 1.54) is 12.3 Å². The lowest BCUT2D eigenvalue weighted by atomic mass is 9.84. The van der Waals surface area contributed by atoms with Crippen LogP contribution >= 0.6 is 11.3 Å². The van der Waals surface area contributed by atoms with Crippen LogP contribution in [0.5, 0.6) is 0 Å². The number of pyridine rings is 1. The number of aromatic nitrogens is 1. The van der Waals surface area contributed by atoms with Crippen molar-refractivity contribution >= 4 is 27.4 Å². The summed E-state index contributed by atoms with van der Waals surface area (Å²) < 4.78 is 28.5. The second-order valence-corrected chi connectivity index (χ2v) is 8.44. The molecule has 2 atom stereocenters. The largest absolute Gasteiger partial charge is 0.258 e. The Morgan fingerprint density at radius 1 is 1.00 bits per heavy atom. The molecule has 1 aliphatic carbocycles. The molecule has 126 valence electrons. The second-order valence-electron chi connectivity index (χ2n) is 5.80. The van der Waals surface area contributed by atoms with Crippen molar-refractivity contribution in [3.63, 3.8) is 0 Å². The molecule has 25 heavy (non-hydrogen) atoms. The minimum absolute atomic E-state index is 0.0342. The molecule has 1 N–H and O–H groups in total. The van der Waals surface area contributed by atoms with E-state index in [2.05, 4.69) is 21.9 Å². The highest BCUT2D eigenvalue weighted by atomic mass is 32.2. The number of nitrogens with one attached hydrogen (secondary N) is 1. The van der Waals surface area contributed by atoms with Gasteiger partial charge in [0, 0.05) is 17.0 Å². The topological polar surface area (TPSA) is 59.1 Å². The Kier molecular flexibility index (Phi) is 4.25. The van der Waals surface area contributed by atoms with Crippen LogP contribution in [0.2, 0.25) is 0 Å². The van der Waals surface area contributed by atoms with Crippen LogP contribution in [0, 0.1) is 0 Å². The minimum Gasteiger partial charge on any atom is -0.243 e. The van der Waals surface area contributed by atoms with E-state index in [0.29, 0.717) is 0 Å². The van der Waals surface area contributed by atoms with Crippen LogP contribution in [0.15, 0.2) is 77.3 Å². The van der Waals surface area contributed by atoms with Gasteiger partial charge in [-0.25, -0.2) is 18.1 Å². The predicted molar refractivity (Wildman–Crippen MR) is 99.8 cm³/mol. The molecule has 2 aromatic heterocycles. The first-order valence-electron chi connectivity index (χ1n) is 7.89. The molecule has 0 unspecified atom stereocenters. The average Bonchev–Trinajstić information content (AvgIpc) is 3.17. The molecule has 0 radical (unpaired) electrons. The summed E-state index contributed by atoms with van der Waals surface area (Å²) in [6.45, 7) is 0. The zero-order valence-corrected chi connectivity index (χ0v) is 14.9. The number of fused-ring (bicyclic) bond motifs is 1. The Morgan fingerprint density at radius 2 is 1.84 bits per heavy atom. The first kappa shape index (κ1) is 16.2. The first-order valence-corrected chi connectivity index (χ1v) is 10.3. The van der Waals surface area contributed by atoms with Gasteiger partial charge in [-0.05, 0) is 34.7 Å². The van der Waals surface area contributed by atoms with Crippen molar-refractivity contribution in [3.8, 4) is 0 Å². The van der Waals surface area contributed by atoms with Gasteiger partial charge in [0.15, 0.2) is 5.03 Å². The van der Waals surface area contributed by atoms with Gasteiger partial charge in [0.2, 0.25) is 0 Å². The highest BCUT2D eigenvalue weighted by molar-refractivity contribution is 7.89. The highest BCUT2D eigenvalue weighted by Gasteiger charge is 2.32. The number of sulfonamides is 1. The number of hydrogen-bond donors (Lipinski definition) is 1. The van der Waals surface area contributed by atoms with Crippen molar-refractivity contribution in [2.24, 2.45) is 0 Å². The Morgan fingerprint density at radius 3 is 2.60 bits per heavy atom.